The SMILES string of the molecule is CCOCCn1nc(-c2noc(=O)[nH]2)c2nc(N(C)C(C)C)nc(Nc3cc(C)ccn3)c21. The number of rotatable bonds is 9. The van der Waals surface area contributed by atoms with Crippen molar-refractivity contribution in [2.75, 3.05) is 30.5 Å². The molecule has 0 aliphatic rings. The quantitative estimate of drug-likeness (QED) is 0.363. The lowest BCUT2D eigenvalue weighted by Crippen LogP contribution is -2.27. The number of nitrogens with zero attached hydrogens (tertiary/aromatic N) is 7. The fourth-order valence-electron chi connectivity index (χ4n) is 3.22. The van der Waals surface area contributed by atoms with Gasteiger partial charge in [0, 0.05) is 25.9 Å². The van der Waals surface area contributed by atoms with Crippen molar-refractivity contribution in [2.45, 2.75) is 40.3 Å². The van der Waals surface area contributed by atoms with E-state index < -0.39 is 5.76 Å². The lowest BCUT2D eigenvalue weighted by Gasteiger charge is -2.22. The molecule has 0 aromatic carbocycles. The first kappa shape index (κ1) is 22.4. The van der Waals surface area contributed by atoms with Gasteiger partial charge in [0.15, 0.2) is 11.5 Å². The highest BCUT2D eigenvalue weighted by atomic mass is 16.5. The second-order valence-corrected chi connectivity index (χ2v) is 7.83. The van der Waals surface area contributed by atoms with Crippen molar-refractivity contribution in [1.29, 1.82) is 0 Å². The second kappa shape index (κ2) is 9.36. The molecule has 0 aliphatic heterocycles. The van der Waals surface area contributed by atoms with Gasteiger partial charge in [0.2, 0.25) is 11.8 Å². The number of hydrogen-bond acceptors (Lipinski definition) is 10. The van der Waals surface area contributed by atoms with Gasteiger partial charge in [-0.3, -0.25) is 14.2 Å². The number of hydrogen-bond donors (Lipinski definition) is 2. The van der Waals surface area contributed by atoms with E-state index in [4.69, 9.17) is 19.2 Å². The summed E-state index contributed by atoms with van der Waals surface area (Å²) in [6, 6.07) is 4.00. The normalized spacial score (nSPS) is 11.5. The molecule has 12 heteroatoms. The highest BCUT2D eigenvalue weighted by Crippen LogP contribution is 2.32. The third-order valence-corrected chi connectivity index (χ3v) is 5.14. The Hall–Kier alpha value is -3.80. The molecule has 174 valence electrons. The summed E-state index contributed by atoms with van der Waals surface area (Å²) >= 11 is 0. The van der Waals surface area contributed by atoms with Gasteiger partial charge >= 0.3 is 5.76 Å². The first-order valence-electron chi connectivity index (χ1n) is 10.7. The van der Waals surface area contributed by atoms with Crippen molar-refractivity contribution >= 4 is 28.6 Å². The fourth-order valence-corrected chi connectivity index (χ4v) is 3.22. The van der Waals surface area contributed by atoms with E-state index >= 15 is 0 Å². The van der Waals surface area contributed by atoms with E-state index in [0.717, 1.165) is 5.56 Å². The zero-order valence-electron chi connectivity index (χ0n) is 19.3. The summed E-state index contributed by atoms with van der Waals surface area (Å²) in [5.74, 6) is 1.18. The summed E-state index contributed by atoms with van der Waals surface area (Å²) in [7, 11) is 1.91. The molecule has 33 heavy (non-hydrogen) atoms. The van der Waals surface area contributed by atoms with Crippen molar-refractivity contribution in [3.05, 3.63) is 34.4 Å². The highest BCUT2D eigenvalue weighted by Gasteiger charge is 2.24. The minimum Gasteiger partial charge on any atom is -0.380 e. The minimum absolute atomic E-state index is 0.149. The van der Waals surface area contributed by atoms with Crippen LogP contribution >= 0.6 is 0 Å². The van der Waals surface area contributed by atoms with E-state index in [1.165, 1.54) is 0 Å². The first-order chi connectivity index (χ1) is 15.9. The van der Waals surface area contributed by atoms with Crippen LogP contribution in [0.15, 0.2) is 27.6 Å². The van der Waals surface area contributed by atoms with Crippen molar-refractivity contribution in [3.63, 3.8) is 0 Å². The molecule has 4 aromatic rings. The molecule has 0 unspecified atom stereocenters. The van der Waals surface area contributed by atoms with Crippen LogP contribution in [0.1, 0.15) is 26.3 Å². The van der Waals surface area contributed by atoms with Gasteiger partial charge in [-0.15, -0.1) is 0 Å². The average Bonchev–Trinajstić information content (AvgIpc) is 3.37. The molecule has 0 amide bonds. The van der Waals surface area contributed by atoms with E-state index in [9.17, 15) is 4.79 Å². The molecular formula is C21H27N9O3. The Morgan fingerprint density at radius 2 is 2.15 bits per heavy atom. The number of nitrogens with one attached hydrogen (secondary N) is 2. The number of anilines is 3. The van der Waals surface area contributed by atoms with Crippen LogP contribution in [0.3, 0.4) is 0 Å². The molecule has 4 heterocycles. The second-order valence-electron chi connectivity index (χ2n) is 7.83. The summed E-state index contributed by atoms with van der Waals surface area (Å²) < 4.78 is 12.0. The monoisotopic (exact) mass is 453 g/mol. The van der Waals surface area contributed by atoms with Gasteiger partial charge in [-0.25, -0.2) is 14.8 Å². The standard InChI is InChI=1S/C21H27N9O3/c1-6-32-10-9-30-17-15(16(27-30)18-26-21(31)33-28-18)24-20(29(5)12(2)3)25-19(17)23-14-11-13(4)7-8-22-14/h7-8,11-12H,6,9-10H2,1-5H3,(H,26,28,31)(H,22,23,24,25). The molecule has 0 atom stereocenters. The van der Waals surface area contributed by atoms with Crippen LogP contribution in [0.4, 0.5) is 17.6 Å². The van der Waals surface area contributed by atoms with Gasteiger partial charge in [0.1, 0.15) is 16.9 Å². The number of pyridine rings is 1. The van der Waals surface area contributed by atoms with Gasteiger partial charge < -0.3 is 15.0 Å². The lowest BCUT2D eigenvalue weighted by molar-refractivity contribution is 0.137. The van der Waals surface area contributed by atoms with Gasteiger partial charge in [-0.1, -0.05) is 5.16 Å². The Kier molecular flexibility index (Phi) is 6.36. The van der Waals surface area contributed by atoms with Crippen LogP contribution in [0.5, 0.6) is 0 Å². The third kappa shape index (κ3) is 4.70. The van der Waals surface area contributed by atoms with E-state index in [1.54, 1.807) is 10.9 Å². The molecular weight excluding hydrogens is 426 g/mol. The summed E-state index contributed by atoms with van der Waals surface area (Å²) in [6.07, 6.45) is 1.73. The van der Waals surface area contributed by atoms with Crippen LogP contribution in [0.2, 0.25) is 0 Å². The number of aryl methyl sites for hydroxylation is 1. The maximum Gasteiger partial charge on any atom is 0.439 e. The molecule has 0 aliphatic carbocycles. The number of H-pyrrole nitrogens is 1. The number of ether oxygens (including phenoxy) is 1. The van der Waals surface area contributed by atoms with Crippen LogP contribution in [-0.2, 0) is 11.3 Å². The van der Waals surface area contributed by atoms with Crippen molar-refractivity contribution in [3.8, 4) is 11.5 Å². The third-order valence-electron chi connectivity index (χ3n) is 5.14. The molecule has 0 fully saturated rings. The number of aromatic nitrogens is 7. The van der Waals surface area contributed by atoms with Crippen molar-refractivity contribution in [1.82, 2.24) is 34.9 Å². The van der Waals surface area contributed by atoms with E-state index in [2.05, 4.69) is 25.5 Å². The van der Waals surface area contributed by atoms with Gasteiger partial charge in [0.05, 0.1) is 13.2 Å². The first-order valence-corrected chi connectivity index (χ1v) is 10.7. The number of fused-ring (bicyclic) bond motifs is 1. The smallest absolute Gasteiger partial charge is 0.380 e. The Bertz CT molecular complexity index is 1310. The van der Waals surface area contributed by atoms with Crippen LogP contribution in [0, 0.1) is 6.92 Å². The fraction of sp³-hybridized carbons (Fsp3) is 0.429. The van der Waals surface area contributed by atoms with Gasteiger partial charge in [-0.2, -0.15) is 10.1 Å². The number of aromatic amines is 1. The molecule has 0 saturated carbocycles. The molecule has 4 aromatic heterocycles. The van der Waals surface area contributed by atoms with Crippen molar-refractivity contribution < 1.29 is 9.26 Å². The molecule has 0 bridgehead atoms. The highest BCUT2D eigenvalue weighted by molar-refractivity contribution is 5.96. The predicted molar refractivity (Wildman–Crippen MR) is 124 cm³/mol. The minimum atomic E-state index is -0.669. The maximum absolute atomic E-state index is 11.6. The Balaban J connectivity index is 1.95. The summed E-state index contributed by atoms with van der Waals surface area (Å²) in [5, 5.41) is 11.8. The molecule has 0 saturated heterocycles. The molecule has 0 radical (unpaired) electrons. The Labute approximate surface area is 190 Å². The molecule has 2 N–H and O–H groups in total. The van der Waals surface area contributed by atoms with Crippen LogP contribution < -0.4 is 16.0 Å². The predicted octanol–water partition coefficient (Wildman–Crippen LogP) is 2.50. The molecule has 12 nitrogen and oxygen atoms in total. The molecule has 0 spiro atoms. The Morgan fingerprint density at radius 1 is 1.33 bits per heavy atom. The largest absolute Gasteiger partial charge is 0.439 e. The summed E-state index contributed by atoms with van der Waals surface area (Å²) in [6.45, 7) is 9.49. The van der Waals surface area contributed by atoms with Crippen LogP contribution in [0.25, 0.3) is 22.6 Å². The van der Waals surface area contributed by atoms with E-state index in [0.29, 0.717) is 54.1 Å². The summed E-state index contributed by atoms with van der Waals surface area (Å²) in [4.78, 5) is 30.1. The lowest BCUT2D eigenvalue weighted by atomic mass is 10.3. The van der Waals surface area contributed by atoms with Crippen molar-refractivity contribution in [2.24, 2.45) is 0 Å². The zero-order chi connectivity index (χ0) is 23.5. The van der Waals surface area contributed by atoms with E-state index in [-0.39, 0.29) is 11.9 Å². The Morgan fingerprint density at radius 3 is 2.82 bits per heavy atom. The zero-order valence-corrected chi connectivity index (χ0v) is 19.3. The molecule has 4 rings (SSSR count). The maximum atomic E-state index is 11.6. The van der Waals surface area contributed by atoms with Gasteiger partial charge in [-0.05, 0) is 45.4 Å². The summed E-state index contributed by atoms with van der Waals surface area (Å²) in [5.41, 5.74) is 2.60. The average molecular weight is 454 g/mol. The van der Waals surface area contributed by atoms with Crippen LogP contribution in [-0.4, -0.2) is 61.2 Å². The van der Waals surface area contributed by atoms with E-state index in [1.807, 2.05) is 51.8 Å². The topological polar surface area (TPSA) is 140 Å². The van der Waals surface area contributed by atoms with Gasteiger partial charge in [0.25, 0.3) is 0 Å².